The van der Waals surface area contributed by atoms with E-state index in [0.717, 1.165) is 30.7 Å². The van der Waals surface area contributed by atoms with Gasteiger partial charge in [0.2, 0.25) is 0 Å². The van der Waals surface area contributed by atoms with Gasteiger partial charge in [-0.15, -0.1) is 0 Å². The Hall–Kier alpha value is -2.54. The van der Waals surface area contributed by atoms with Crippen molar-refractivity contribution >= 4 is 11.9 Å². The number of carbonyl (C=O) groups is 2. The first-order valence-corrected chi connectivity index (χ1v) is 8.90. The fraction of sp³-hybridized carbons (Fsp3) is 0.474. The van der Waals surface area contributed by atoms with Gasteiger partial charge in [-0.05, 0) is 30.5 Å². The van der Waals surface area contributed by atoms with Crippen LogP contribution in [0.15, 0.2) is 35.5 Å². The molecule has 0 spiro atoms. The van der Waals surface area contributed by atoms with Crippen LogP contribution in [-0.4, -0.2) is 61.7 Å². The Morgan fingerprint density at radius 1 is 1.35 bits per heavy atom. The summed E-state index contributed by atoms with van der Waals surface area (Å²) < 4.78 is 11.0. The number of nitrogens with zero attached hydrogens (tertiary/aromatic N) is 2. The fourth-order valence-corrected chi connectivity index (χ4v) is 3.88. The highest BCUT2D eigenvalue weighted by atomic mass is 16.5. The van der Waals surface area contributed by atoms with Crippen molar-refractivity contribution in [2.24, 2.45) is 0 Å². The molecular formula is C19H23N3O4. The SMILES string of the molecule is COc1cccc([C@H]2NC(=O)N(C)C3=C2C(=O)N(C[C@@H]2CCCO2)C3)c1. The molecule has 0 unspecified atom stereocenters. The molecule has 1 saturated heterocycles. The van der Waals surface area contributed by atoms with Gasteiger partial charge < -0.3 is 19.7 Å². The lowest BCUT2D eigenvalue weighted by Gasteiger charge is -2.31. The Kier molecular flexibility index (Phi) is 4.32. The molecule has 7 nitrogen and oxygen atoms in total. The van der Waals surface area contributed by atoms with Crippen LogP contribution in [0.1, 0.15) is 24.4 Å². The molecule has 0 bridgehead atoms. The average Bonchev–Trinajstić information content (AvgIpc) is 3.27. The molecule has 1 aromatic rings. The summed E-state index contributed by atoms with van der Waals surface area (Å²) in [6.07, 6.45) is 2.09. The topological polar surface area (TPSA) is 71.1 Å². The van der Waals surface area contributed by atoms with Gasteiger partial charge in [-0.2, -0.15) is 0 Å². The first kappa shape index (κ1) is 16.9. The van der Waals surface area contributed by atoms with Crippen LogP contribution in [0.5, 0.6) is 5.75 Å². The van der Waals surface area contributed by atoms with Gasteiger partial charge in [0.05, 0.1) is 37.1 Å². The Balaban J connectivity index is 1.65. The summed E-state index contributed by atoms with van der Waals surface area (Å²) in [5.41, 5.74) is 2.24. The van der Waals surface area contributed by atoms with E-state index < -0.39 is 6.04 Å². The van der Waals surface area contributed by atoms with E-state index in [1.54, 1.807) is 24.0 Å². The van der Waals surface area contributed by atoms with Gasteiger partial charge in [0, 0.05) is 20.2 Å². The van der Waals surface area contributed by atoms with E-state index >= 15 is 0 Å². The number of carbonyl (C=O) groups excluding carboxylic acids is 2. The van der Waals surface area contributed by atoms with Crippen LogP contribution in [0, 0.1) is 0 Å². The zero-order chi connectivity index (χ0) is 18.3. The molecule has 3 aliphatic rings. The monoisotopic (exact) mass is 357 g/mol. The maximum atomic E-state index is 13.1. The highest BCUT2D eigenvalue weighted by Crippen LogP contribution is 2.36. The normalized spacial score (nSPS) is 25.6. The maximum Gasteiger partial charge on any atom is 0.322 e. The third-order valence-electron chi connectivity index (χ3n) is 5.31. The first-order chi connectivity index (χ1) is 12.6. The Labute approximate surface area is 152 Å². The molecule has 0 aromatic heterocycles. The van der Waals surface area contributed by atoms with Crippen LogP contribution in [0.4, 0.5) is 4.79 Å². The van der Waals surface area contributed by atoms with Crippen molar-refractivity contribution in [3.63, 3.8) is 0 Å². The number of rotatable bonds is 4. The average molecular weight is 357 g/mol. The molecule has 2 atom stereocenters. The molecule has 0 saturated carbocycles. The lowest BCUT2D eigenvalue weighted by molar-refractivity contribution is -0.127. The van der Waals surface area contributed by atoms with Crippen molar-refractivity contribution in [3.05, 3.63) is 41.1 Å². The van der Waals surface area contributed by atoms with Crippen molar-refractivity contribution in [3.8, 4) is 5.75 Å². The third-order valence-corrected chi connectivity index (χ3v) is 5.31. The zero-order valence-electron chi connectivity index (χ0n) is 15.0. The quantitative estimate of drug-likeness (QED) is 0.890. The van der Waals surface area contributed by atoms with Crippen LogP contribution in [0.2, 0.25) is 0 Å². The van der Waals surface area contributed by atoms with Gasteiger partial charge in [-0.25, -0.2) is 4.79 Å². The molecule has 138 valence electrons. The van der Waals surface area contributed by atoms with E-state index in [9.17, 15) is 9.59 Å². The lowest BCUT2D eigenvalue weighted by atomic mass is 9.95. The predicted octanol–water partition coefficient (Wildman–Crippen LogP) is 1.67. The van der Waals surface area contributed by atoms with Gasteiger partial charge in [-0.3, -0.25) is 9.69 Å². The van der Waals surface area contributed by atoms with E-state index in [1.165, 1.54) is 0 Å². The largest absolute Gasteiger partial charge is 0.497 e. The number of hydrogen-bond donors (Lipinski definition) is 1. The van der Waals surface area contributed by atoms with Gasteiger partial charge in [0.1, 0.15) is 5.75 Å². The number of urea groups is 1. The number of hydrogen-bond acceptors (Lipinski definition) is 4. The van der Waals surface area contributed by atoms with Crippen LogP contribution in [0.3, 0.4) is 0 Å². The molecule has 1 fully saturated rings. The van der Waals surface area contributed by atoms with E-state index in [4.69, 9.17) is 9.47 Å². The molecule has 3 heterocycles. The van der Waals surface area contributed by atoms with Crippen LogP contribution in [0.25, 0.3) is 0 Å². The van der Waals surface area contributed by atoms with E-state index in [1.807, 2.05) is 24.3 Å². The molecule has 0 radical (unpaired) electrons. The highest BCUT2D eigenvalue weighted by molar-refractivity contribution is 6.01. The molecule has 3 amide bonds. The highest BCUT2D eigenvalue weighted by Gasteiger charge is 2.43. The van der Waals surface area contributed by atoms with Crippen molar-refractivity contribution in [2.75, 3.05) is 33.9 Å². The summed E-state index contributed by atoms with van der Waals surface area (Å²) >= 11 is 0. The molecule has 1 aromatic carbocycles. The second-order valence-electron chi connectivity index (χ2n) is 6.90. The molecule has 1 N–H and O–H groups in total. The number of ether oxygens (including phenoxy) is 2. The minimum atomic E-state index is -0.467. The van der Waals surface area contributed by atoms with Gasteiger partial charge in [0.25, 0.3) is 5.91 Å². The predicted molar refractivity (Wildman–Crippen MR) is 94.6 cm³/mol. The Morgan fingerprint density at radius 2 is 2.19 bits per heavy atom. The van der Waals surface area contributed by atoms with Crippen molar-refractivity contribution < 1.29 is 19.1 Å². The van der Waals surface area contributed by atoms with Crippen LogP contribution < -0.4 is 10.1 Å². The molecular weight excluding hydrogens is 334 g/mol. The summed E-state index contributed by atoms with van der Waals surface area (Å²) in [6, 6.07) is 6.79. The minimum absolute atomic E-state index is 0.0323. The number of nitrogens with one attached hydrogen (secondary N) is 1. The fourth-order valence-electron chi connectivity index (χ4n) is 3.88. The lowest BCUT2D eigenvalue weighted by Crippen LogP contribution is -2.45. The minimum Gasteiger partial charge on any atom is -0.497 e. The Bertz CT molecular complexity index is 770. The molecule has 7 heteroatoms. The van der Waals surface area contributed by atoms with E-state index in [2.05, 4.69) is 5.32 Å². The van der Waals surface area contributed by atoms with Crippen molar-refractivity contribution in [1.29, 1.82) is 0 Å². The van der Waals surface area contributed by atoms with E-state index in [-0.39, 0.29) is 18.0 Å². The molecule has 0 aliphatic carbocycles. The van der Waals surface area contributed by atoms with Crippen molar-refractivity contribution in [1.82, 2.24) is 15.1 Å². The molecule has 4 rings (SSSR count). The molecule has 26 heavy (non-hydrogen) atoms. The number of benzene rings is 1. The first-order valence-electron chi connectivity index (χ1n) is 8.90. The maximum absolute atomic E-state index is 13.1. The van der Waals surface area contributed by atoms with Crippen molar-refractivity contribution in [2.45, 2.75) is 25.0 Å². The second kappa shape index (κ2) is 6.64. The number of likely N-dealkylation sites (N-methyl/N-ethyl adjacent to an activating group) is 1. The van der Waals surface area contributed by atoms with Gasteiger partial charge in [0.15, 0.2) is 0 Å². The number of methoxy groups -OCH3 is 1. The second-order valence-corrected chi connectivity index (χ2v) is 6.90. The number of amides is 3. The smallest absolute Gasteiger partial charge is 0.322 e. The Morgan fingerprint density at radius 3 is 2.92 bits per heavy atom. The summed E-state index contributed by atoms with van der Waals surface area (Å²) in [5, 5.41) is 2.94. The van der Waals surface area contributed by atoms with Gasteiger partial charge >= 0.3 is 6.03 Å². The summed E-state index contributed by atoms with van der Waals surface area (Å²) in [5.74, 6) is 0.662. The molecule has 3 aliphatic heterocycles. The summed E-state index contributed by atoms with van der Waals surface area (Å²) in [7, 11) is 3.30. The van der Waals surface area contributed by atoms with E-state index in [0.29, 0.717) is 24.4 Å². The standard InChI is InChI=1S/C19H23N3O4/c1-21-15-11-22(10-14-7-4-8-26-14)18(23)16(15)17(20-19(21)24)12-5-3-6-13(9-12)25-2/h3,5-6,9,14,17H,4,7-8,10-11H2,1-2H3,(H,20,24)/t14-,17+/m0/s1. The van der Waals surface area contributed by atoms with Gasteiger partial charge in [-0.1, -0.05) is 12.1 Å². The summed E-state index contributed by atoms with van der Waals surface area (Å²) in [4.78, 5) is 28.9. The zero-order valence-corrected chi connectivity index (χ0v) is 15.0. The third kappa shape index (κ3) is 2.82. The van der Waals surface area contributed by atoms with Crippen LogP contribution in [-0.2, 0) is 9.53 Å². The van der Waals surface area contributed by atoms with Crippen LogP contribution >= 0.6 is 0 Å². The summed E-state index contributed by atoms with van der Waals surface area (Å²) in [6.45, 7) is 1.77.